The SMILES string of the molecule is CCC(C)Cc1cc(C)c(Cc2ccc(O)c(C(C)C)c2)c(C)c1. The van der Waals surface area contributed by atoms with E-state index in [2.05, 4.69) is 59.7 Å². The van der Waals surface area contributed by atoms with Crippen LogP contribution in [-0.4, -0.2) is 5.11 Å². The van der Waals surface area contributed by atoms with Gasteiger partial charge >= 0.3 is 0 Å². The van der Waals surface area contributed by atoms with Gasteiger partial charge in [0, 0.05) is 0 Å². The Morgan fingerprint density at radius 2 is 1.54 bits per heavy atom. The number of aromatic hydroxyl groups is 1. The fourth-order valence-electron chi connectivity index (χ4n) is 3.41. The molecule has 1 N–H and O–H groups in total. The fraction of sp³-hybridized carbons (Fsp3) is 0.478. The maximum atomic E-state index is 10.0. The van der Waals surface area contributed by atoms with Crippen molar-refractivity contribution in [2.24, 2.45) is 5.92 Å². The third kappa shape index (κ3) is 4.41. The predicted molar refractivity (Wildman–Crippen MR) is 104 cm³/mol. The minimum atomic E-state index is 0.338. The van der Waals surface area contributed by atoms with Crippen LogP contribution in [0.3, 0.4) is 0 Å². The van der Waals surface area contributed by atoms with Gasteiger partial charge in [-0.2, -0.15) is 0 Å². The van der Waals surface area contributed by atoms with Crippen molar-refractivity contribution in [1.82, 2.24) is 0 Å². The second kappa shape index (κ2) is 7.88. The Bertz CT molecular complexity index is 674. The summed E-state index contributed by atoms with van der Waals surface area (Å²) in [6.45, 7) is 13.3. The summed E-state index contributed by atoms with van der Waals surface area (Å²) in [5.74, 6) is 1.48. The topological polar surface area (TPSA) is 20.2 Å². The highest BCUT2D eigenvalue weighted by Crippen LogP contribution is 2.29. The second-order valence-corrected chi connectivity index (χ2v) is 7.65. The van der Waals surface area contributed by atoms with E-state index in [1.165, 1.54) is 34.2 Å². The molecule has 0 aliphatic heterocycles. The van der Waals surface area contributed by atoms with Crippen LogP contribution in [0.15, 0.2) is 30.3 Å². The summed E-state index contributed by atoms with van der Waals surface area (Å²) < 4.78 is 0. The number of benzene rings is 2. The summed E-state index contributed by atoms with van der Waals surface area (Å²) in [5, 5.41) is 10.0. The molecule has 2 rings (SSSR count). The Balaban J connectivity index is 2.29. The maximum Gasteiger partial charge on any atom is 0.119 e. The van der Waals surface area contributed by atoms with Crippen LogP contribution < -0.4 is 0 Å². The molecule has 0 saturated heterocycles. The van der Waals surface area contributed by atoms with E-state index >= 15 is 0 Å². The van der Waals surface area contributed by atoms with Crippen molar-refractivity contribution in [3.05, 3.63) is 63.7 Å². The van der Waals surface area contributed by atoms with Crippen LogP contribution in [0.5, 0.6) is 5.75 Å². The van der Waals surface area contributed by atoms with Crippen molar-refractivity contribution >= 4 is 0 Å². The highest BCUT2D eigenvalue weighted by Gasteiger charge is 2.11. The molecule has 0 amide bonds. The van der Waals surface area contributed by atoms with Crippen LogP contribution >= 0.6 is 0 Å². The average molecular weight is 325 g/mol. The molecule has 0 heterocycles. The summed E-state index contributed by atoms with van der Waals surface area (Å²) in [7, 11) is 0. The first kappa shape index (κ1) is 18.6. The lowest BCUT2D eigenvalue weighted by Gasteiger charge is -2.16. The van der Waals surface area contributed by atoms with Gasteiger partial charge in [-0.05, 0) is 78.0 Å². The maximum absolute atomic E-state index is 10.0. The van der Waals surface area contributed by atoms with Crippen LogP contribution in [0.2, 0.25) is 0 Å². The van der Waals surface area contributed by atoms with Gasteiger partial charge in [-0.3, -0.25) is 0 Å². The first-order valence-electron chi connectivity index (χ1n) is 9.22. The Hall–Kier alpha value is -1.76. The van der Waals surface area contributed by atoms with Crippen LogP contribution in [-0.2, 0) is 12.8 Å². The van der Waals surface area contributed by atoms with E-state index in [-0.39, 0.29) is 0 Å². The lowest BCUT2D eigenvalue weighted by Crippen LogP contribution is -2.02. The van der Waals surface area contributed by atoms with Gasteiger partial charge in [0.2, 0.25) is 0 Å². The largest absolute Gasteiger partial charge is 0.508 e. The minimum absolute atomic E-state index is 0.338. The van der Waals surface area contributed by atoms with Crippen molar-refractivity contribution in [2.75, 3.05) is 0 Å². The molecular weight excluding hydrogens is 292 g/mol. The second-order valence-electron chi connectivity index (χ2n) is 7.65. The van der Waals surface area contributed by atoms with Gasteiger partial charge in [0.05, 0.1) is 0 Å². The highest BCUT2D eigenvalue weighted by atomic mass is 16.3. The van der Waals surface area contributed by atoms with Gasteiger partial charge < -0.3 is 5.11 Å². The Morgan fingerprint density at radius 3 is 2.08 bits per heavy atom. The van der Waals surface area contributed by atoms with Gasteiger partial charge in [0.1, 0.15) is 5.75 Å². The van der Waals surface area contributed by atoms with Gasteiger partial charge in [0.25, 0.3) is 0 Å². The molecule has 0 fully saturated rings. The Kier molecular flexibility index (Phi) is 6.10. The highest BCUT2D eigenvalue weighted by molar-refractivity contribution is 5.44. The van der Waals surface area contributed by atoms with E-state index in [4.69, 9.17) is 0 Å². The van der Waals surface area contributed by atoms with Crippen molar-refractivity contribution in [1.29, 1.82) is 0 Å². The Labute approximate surface area is 147 Å². The third-order valence-corrected chi connectivity index (χ3v) is 5.13. The molecule has 0 aliphatic rings. The zero-order chi connectivity index (χ0) is 17.9. The molecule has 0 spiro atoms. The number of aryl methyl sites for hydroxylation is 2. The first-order chi connectivity index (χ1) is 11.3. The van der Waals surface area contributed by atoms with Crippen LogP contribution in [0.1, 0.15) is 73.4 Å². The quantitative estimate of drug-likeness (QED) is 0.660. The van der Waals surface area contributed by atoms with Gasteiger partial charge in [0.15, 0.2) is 0 Å². The summed E-state index contributed by atoms with van der Waals surface area (Å²) in [6.07, 6.45) is 3.32. The van der Waals surface area contributed by atoms with Gasteiger partial charge in [-0.25, -0.2) is 0 Å². The number of hydrogen-bond acceptors (Lipinski definition) is 1. The monoisotopic (exact) mass is 324 g/mol. The molecule has 0 aliphatic carbocycles. The van der Waals surface area contributed by atoms with Crippen molar-refractivity contribution < 1.29 is 5.11 Å². The molecule has 1 nitrogen and oxygen atoms in total. The molecule has 2 aromatic rings. The molecule has 0 radical (unpaired) electrons. The molecule has 24 heavy (non-hydrogen) atoms. The number of rotatable bonds is 6. The molecule has 1 atom stereocenters. The number of phenolic OH excluding ortho intramolecular Hbond substituents is 1. The summed E-state index contributed by atoms with van der Waals surface area (Å²) in [6, 6.07) is 10.8. The normalized spacial score (nSPS) is 12.6. The molecule has 0 saturated carbocycles. The van der Waals surface area contributed by atoms with Crippen LogP contribution in [0.25, 0.3) is 0 Å². The molecule has 1 unspecified atom stereocenters. The van der Waals surface area contributed by atoms with E-state index in [0.29, 0.717) is 11.7 Å². The first-order valence-corrected chi connectivity index (χ1v) is 9.22. The van der Waals surface area contributed by atoms with Crippen molar-refractivity contribution in [3.63, 3.8) is 0 Å². The lowest BCUT2D eigenvalue weighted by atomic mass is 9.89. The van der Waals surface area contributed by atoms with Crippen LogP contribution in [0, 0.1) is 19.8 Å². The van der Waals surface area contributed by atoms with E-state index in [9.17, 15) is 5.11 Å². The van der Waals surface area contributed by atoms with Gasteiger partial charge in [-0.15, -0.1) is 0 Å². The zero-order valence-electron chi connectivity index (χ0n) is 16.1. The standard InChI is InChI=1S/C23H32O/c1-7-16(4)10-20-11-17(5)22(18(6)12-20)14-19-8-9-23(24)21(13-19)15(2)3/h8-9,11-13,15-16,24H,7,10,14H2,1-6H3. The number of phenols is 1. The molecule has 130 valence electrons. The molecule has 2 aromatic carbocycles. The van der Waals surface area contributed by atoms with Crippen LogP contribution in [0.4, 0.5) is 0 Å². The molecular formula is C23H32O. The average Bonchev–Trinajstić information content (AvgIpc) is 2.52. The molecule has 0 aromatic heterocycles. The van der Waals surface area contributed by atoms with E-state index in [1.807, 2.05) is 12.1 Å². The summed E-state index contributed by atoms with van der Waals surface area (Å²) >= 11 is 0. The van der Waals surface area contributed by atoms with E-state index in [0.717, 1.165) is 24.3 Å². The lowest BCUT2D eigenvalue weighted by molar-refractivity contribution is 0.464. The fourth-order valence-corrected chi connectivity index (χ4v) is 3.41. The van der Waals surface area contributed by atoms with Crippen molar-refractivity contribution in [3.8, 4) is 5.75 Å². The predicted octanol–water partition coefficient (Wildman–Crippen LogP) is 6.31. The minimum Gasteiger partial charge on any atom is -0.508 e. The Morgan fingerprint density at radius 1 is 0.917 bits per heavy atom. The zero-order valence-corrected chi connectivity index (χ0v) is 16.1. The number of hydrogen-bond donors (Lipinski definition) is 1. The summed E-state index contributed by atoms with van der Waals surface area (Å²) in [4.78, 5) is 0. The van der Waals surface area contributed by atoms with E-state index < -0.39 is 0 Å². The molecule has 0 bridgehead atoms. The summed E-state index contributed by atoms with van der Waals surface area (Å²) in [5.41, 5.74) is 7.95. The third-order valence-electron chi connectivity index (χ3n) is 5.13. The smallest absolute Gasteiger partial charge is 0.119 e. The van der Waals surface area contributed by atoms with Crippen molar-refractivity contribution in [2.45, 2.75) is 66.7 Å². The van der Waals surface area contributed by atoms with Gasteiger partial charge in [-0.1, -0.05) is 58.4 Å². The van der Waals surface area contributed by atoms with E-state index in [1.54, 1.807) is 0 Å². The molecule has 1 heteroatoms.